The van der Waals surface area contributed by atoms with Crippen molar-refractivity contribution < 1.29 is 9.59 Å². The molecule has 0 bridgehead atoms. The van der Waals surface area contributed by atoms with Gasteiger partial charge in [-0.25, -0.2) is 0 Å². The van der Waals surface area contributed by atoms with Crippen LogP contribution in [0, 0.1) is 5.92 Å². The third kappa shape index (κ3) is 5.90. The third-order valence-corrected chi connectivity index (χ3v) is 8.47. The lowest BCUT2D eigenvalue weighted by atomic mass is 9.93. The van der Waals surface area contributed by atoms with Crippen LogP contribution < -0.4 is 0 Å². The lowest BCUT2D eigenvalue weighted by Gasteiger charge is -2.32. The summed E-state index contributed by atoms with van der Waals surface area (Å²) in [5, 5.41) is 0.696. The van der Waals surface area contributed by atoms with Gasteiger partial charge in [0.15, 0.2) is 0 Å². The van der Waals surface area contributed by atoms with Gasteiger partial charge in [0.2, 0.25) is 5.91 Å². The van der Waals surface area contributed by atoms with E-state index in [1.54, 1.807) is 0 Å². The molecule has 0 radical (unpaired) electrons. The number of benzene rings is 2. The molecule has 3 aliphatic rings. The van der Waals surface area contributed by atoms with E-state index in [1.807, 2.05) is 35.2 Å². The zero-order chi connectivity index (χ0) is 24.4. The third-order valence-electron chi connectivity index (χ3n) is 8.12. The van der Waals surface area contributed by atoms with E-state index >= 15 is 0 Å². The van der Waals surface area contributed by atoms with Crippen LogP contribution in [0.2, 0.25) is 5.02 Å². The van der Waals surface area contributed by atoms with Gasteiger partial charge in [-0.05, 0) is 67.6 Å². The van der Waals surface area contributed by atoms with Gasteiger partial charge in [-0.3, -0.25) is 9.59 Å². The smallest absolute Gasteiger partial charge is 0.253 e. The van der Waals surface area contributed by atoms with Crippen LogP contribution in [0.3, 0.4) is 0 Å². The van der Waals surface area contributed by atoms with Crippen LogP contribution in [0.5, 0.6) is 0 Å². The molecule has 2 heterocycles. The maximum atomic E-state index is 13.1. The molecule has 2 aromatic carbocycles. The van der Waals surface area contributed by atoms with Crippen molar-refractivity contribution >= 4 is 35.8 Å². The lowest BCUT2D eigenvalue weighted by Crippen LogP contribution is -2.47. The van der Waals surface area contributed by atoms with Crippen molar-refractivity contribution in [3.8, 4) is 11.1 Å². The summed E-state index contributed by atoms with van der Waals surface area (Å²) in [4.78, 5) is 32.5. The number of likely N-dealkylation sites (tertiary alicyclic amines) is 1. The van der Waals surface area contributed by atoms with Crippen molar-refractivity contribution in [1.82, 2.24) is 14.7 Å². The van der Waals surface area contributed by atoms with Crippen molar-refractivity contribution in [2.75, 3.05) is 39.8 Å². The molecule has 2 amide bonds. The number of amides is 2. The van der Waals surface area contributed by atoms with E-state index in [4.69, 9.17) is 11.6 Å². The largest absolute Gasteiger partial charge is 0.339 e. The first kappa shape index (κ1) is 27.0. The second-order valence-electron chi connectivity index (χ2n) is 10.5. The molecule has 1 saturated carbocycles. The van der Waals surface area contributed by atoms with Gasteiger partial charge in [0, 0.05) is 55.3 Å². The Hall–Kier alpha value is -2.08. The van der Waals surface area contributed by atoms with E-state index in [0.717, 1.165) is 68.7 Å². The molecule has 7 heteroatoms. The maximum absolute atomic E-state index is 13.1. The second kappa shape index (κ2) is 12.0. The molecule has 5 rings (SSSR count). The summed E-state index contributed by atoms with van der Waals surface area (Å²) in [5.74, 6) is 0.432. The molecule has 0 spiro atoms. The average molecular weight is 531 g/mol. The zero-order valence-electron chi connectivity index (χ0n) is 21.1. The highest BCUT2D eigenvalue weighted by molar-refractivity contribution is 6.31. The molecular formula is C29H37Cl2N3O2. The monoisotopic (exact) mass is 529 g/mol. The fraction of sp³-hybridized carbons (Fsp3) is 0.517. The van der Waals surface area contributed by atoms with Crippen LogP contribution in [0.4, 0.5) is 0 Å². The summed E-state index contributed by atoms with van der Waals surface area (Å²) in [6, 6.07) is 14.4. The summed E-state index contributed by atoms with van der Waals surface area (Å²) in [5.41, 5.74) is 3.72. The predicted octanol–water partition coefficient (Wildman–Crippen LogP) is 5.54. The Labute approximate surface area is 226 Å². The fourth-order valence-electron chi connectivity index (χ4n) is 5.89. The number of likely N-dealkylation sites (N-methyl/N-ethyl adjacent to an activating group) is 1. The minimum atomic E-state index is 0. The van der Waals surface area contributed by atoms with Crippen LogP contribution in [0.15, 0.2) is 42.5 Å². The topological polar surface area (TPSA) is 43.9 Å². The quantitative estimate of drug-likeness (QED) is 0.510. The van der Waals surface area contributed by atoms with Crippen LogP contribution >= 0.6 is 24.0 Å². The Morgan fingerprint density at radius 2 is 1.64 bits per heavy atom. The molecule has 36 heavy (non-hydrogen) atoms. The summed E-state index contributed by atoms with van der Waals surface area (Å²) >= 11 is 6.72. The molecule has 1 aliphatic carbocycles. The van der Waals surface area contributed by atoms with Crippen molar-refractivity contribution in [1.29, 1.82) is 0 Å². The number of nitrogens with zero attached hydrogens (tertiary/aromatic N) is 3. The summed E-state index contributed by atoms with van der Waals surface area (Å²) in [7, 11) is 2.09. The van der Waals surface area contributed by atoms with E-state index in [1.165, 1.54) is 19.3 Å². The standard InChI is InChI=1S/C29H36ClN3O2.ClH/c1-31-14-16-32(17-15-31)28(34)24-7-5-6-21(18-24)22-10-11-23(27(30)20-22)19-25-12-13-33(29(25)35)26-8-3-2-4-9-26;/h5-7,10-11,18,20,25-26H,2-4,8-9,12-17,19H2,1H3;1H. The summed E-state index contributed by atoms with van der Waals surface area (Å²) < 4.78 is 0. The Balaban J connectivity index is 0.00000304. The number of carbonyl (C=O) groups excluding carboxylic acids is 2. The minimum Gasteiger partial charge on any atom is -0.339 e. The van der Waals surface area contributed by atoms with E-state index in [0.29, 0.717) is 29.0 Å². The van der Waals surface area contributed by atoms with Gasteiger partial charge in [-0.1, -0.05) is 55.1 Å². The highest BCUT2D eigenvalue weighted by atomic mass is 35.5. The molecule has 194 valence electrons. The zero-order valence-corrected chi connectivity index (χ0v) is 22.7. The minimum absolute atomic E-state index is 0. The first-order chi connectivity index (χ1) is 17.0. The Morgan fingerprint density at radius 1 is 0.917 bits per heavy atom. The van der Waals surface area contributed by atoms with Gasteiger partial charge >= 0.3 is 0 Å². The van der Waals surface area contributed by atoms with Crippen LogP contribution in [0.1, 0.15) is 54.4 Å². The van der Waals surface area contributed by atoms with E-state index in [9.17, 15) is 9.59 Å². The molecule has 2 saturated heterocycles. The Kier molecular flexibility index (Phi) is 8.97. The molecule has 0 aromatic heterocycles. The van der Waals surface area contributed by atoms with Gasteiger partial charge in [0.05, 0.1) is 0 Å². The second-order valence-corrected chi connectivity index (χ2v) is 10.9. The van der Waals surface area contributed by atoms with E-state index in [-0.39, 0.29) is 24.2 Å². The van der Waals surface area contributed by atoms with E-state index in [2.05, 4.69) is 29.0 Å². The first-order valence-electron chi connectivity index (χ1n) is 13.2. The summed E-state index contributed by atoms with van der Waals surface area (Å²) in [6.07, 6.45) is 7.72. The van der Waals surface area contributed by atoms with Gasteiger partial charge in [-0.2, -0.15) is 0 Å². The highest BCUT2D eigenvalue weighted by Gasteiger charge is 2.36. The number of carbonyl (C=O) groups is 2. The maximum Gasteiger partial charge on any atom is 0.253 e. The van der Waals surface area contributed by atoms with Gasteiger partial charge < -0.3 is 14.7 Å². The Bertz CT molecular complexity index is 1080. The van der Waals surface area contributed by atoms with Gasteiger partial charge in [0.25, 0.3) is 5.91 Å². The highest BCUT2D eigenvalue weighted by Crippen LogP contribution is 2.33. The molecule has 2 aromatic rings. The molecular weight excluding hydrogens is 493 g/mol. The number of piperazine rings is 1. The first-order valence-corrected chi connectivity index (χ1v) is 13.5. The molecule has 3 fully saturated rings. The van der Waals surface area contributed by atoms with Crippen LogP contribution in [-0.2, 0) is 11.2 Å². The lowest BCUT2D eigenvalue weighted by molar-refractivity contribution is -0.133. The van der Waals surface area contributed by atoms with E-state index < -0.39 is 0 Å². The SMILES string of the molecule is CN1CCN(C(=O)c2cccc(-c3ccc(CC4CCN(C5CCCCC5)C4=O)c(Cl)c3)c2)CC1.Cl. The molecule has 1 unspecified atom stereocenters. The van der Waals surface area contributed by atoms with Gasteiger partial charge in [0.1, 0.15) is 0 Å². The number of rotatable bonds is 5. The summed E-state index contributed by atoms with van der Waals surface area (Å²) in [6.45, 7) is 4.23. The number of halogens is 2. The van der Waals surface area contributed by atoms with Gasteiger partial charge in [-0.15, -0.1) is 12.4 Å². The van der Waals surface area contributed by atoms with Crippen LogP contribution in [0.25, 0.3) is 11.1 Å². The molecule has 1 atom stereocenters. The molecule has 0 N–H and O–H groups in total. The normalized spacial score (nSPS) is 21.5. The molecule has 5 nitrogen and oxygen atoms in total. The average Bonchev–Trinajstić information content (AvgIpc) is 3.25. The van der Waals surface area contributed by atoms with Crippen molar-refractivity contribution in [3.63, 3.8) is 0 Å². The van der Waals surface area contributed by atoms with Crippen molar-refractivity contribution in [2.45, 2.75) is 51.0 Å². The number of hydrogen-bond acceptors (Lipinski definition) is 3. The number of hydrogen-bond donors (Lipinski definition) is 0. The van der Waals surface area contributed by atoms with Crippen molar-refractivity contribution in [2.24, 2.45) is 5.92 Å². The fourth-order valence-corrected chi connectivity index (χ4v) is 6.15. The Morgan fingerprint density at radius 3 is 2.36 bits per heavy atom. The van der Waals surface area contributed by atoms with Crippen LogP contribution in [-0.4, -0.2) is 72.3 Å². The predicted molar refractivity (Wildman–Crippen MR) is 148 cm³/mol. The molecule has 2 aliphatic heterocycles. The van der Waals surface area contributed by atoms with Crippen molar-refractivity contribution in [3.05, 3.63) is 58.6 Å².